The van der Waals surface area contributed by atoms with E-state index in [9.17, 15) is 4.39 Å². The molecular formula is C7H3BrFNO. The van der Waals surface area contributed by atoms with Crippen molar-refractivity contribution < 1.29 is 8.81 Å². The van der Waals surface area contributed by atoms with Crippen LogP contribution in [0.4, 0.5) is 4.39 Å². The van der Waals surface area contributed by atoms with Crippen LogP contribution in [0, 0.1) is 5.95 Å². The summed E-state index contributed by atoms with van der Waals surface area (Å²) < 4.78 is 18.5. The van der Waals surface area contributed by atoms with Gasteiger partial charge in [0.25, 0.3) is 0 Å². The largest absolute Gasteiger partial charge is 0.463 e. The van der Waals surface area contributed by atoms with Crippen molar-refractivity contribution in [3.63, 3.8) is 0 Å². The maximum absolute atomic E-state index is 12.9. The fraction of sp³-hybridized carbons (Fsp3) is 0. The number of aromatic nitrogens is 1. The molecule has 0 fully saturated rings. The highest BCUT2D eigenvalue weighted by atomic mass is 79.9. The molecule has 0 N–H and O–H groups in total. The molecule has 2 aromatic heterocycles. The Hall–Kier alpha value is -0.900. The van der Waals surface area contributed by atoms with Crippen molar-refractivity contribution in [3.8, 4) is 0 Å². The van der Waals surface area contributed by atoms with Gasteiger partial charge >= 0.3 is 0 Å². The van der Waals surface area contributed by atoms with Crippen molar-refractivity contribution in [1.82, 2.24) is 4.98 Å². The average Bonchev–Trinajstić information content (AvgIpc) is 2.34. The SMILES string of the molecule is Fc1nccc2occ(Br)c12. The molecule has 0 radical (unpaired) electrons. The molecule has 2 rings (SSSR count). The number of fused-ring (bicyclic) bond motifs is 1. The molecule has 0 amide bonds. The summed E-state index contributed by atoms with van der Waals surface area (Å²) in [4.78, 5) is 3.48. The van der Waals surface area contributed by atoms with Gasteiger partial charge in [0, 0.05) is 6.20 Å². The molecule has 2 aromatic rings. The van der Waals surface area contributed by atoms with E-state index in [2.05, 4.69) is 20.9 Å². The van der Waals surface area contributed by atoms with Crippen molar-refractivity contribution in [2.75, 3.05) is 0 Å². The molecule has 0 bridgehead atoms. The minimum absolute atomic E-state index is 0.396. The van der Waals surface area contributed by atoms with Crippen LogP contribution in [-0.4, -0.2) is 4.98 Å². The fourth-order valence-corrected chi connectivity index (χ4v) is 1.36. The van der Waals surface area contributed by atoms with Crippen LogP contribution in [0.5, 0.6) is 0 Å². The van der Waals surface area contributed by atoms with Crippen LogP contribution in [0.3, 0.4) is 0 Å². The van der Waals surface area contributed by atoms with Crippen LogP contribution in [0.2, 0.25) is 0 Å². The second-order valence-corrected chi connectivity index (χ2v) is 2.91. The fourth-order valence-electron chi connectivity index (χ4n) is 0.909. The lowest BCUT2D eigenvalue weighted by atomic mass is 10.3. The third-order valence-corrected chi connectivity index (χ3v) is 1.98. The van der Waals surface area contributed by atoms with Gasteiger partial charge in [0.2, 0.25) is 5.95 Å². The quantitative estimate of drug-likeness (QED) is 0.632. The first-order valence-corrected chi connectivity index (χ1v) is 3.75. The Bertz CT molecular complexity index is 398. The highest BCUT2D eigenvalue weighted by molar-refractivity contribution is 9.10. The minimum atomic E-state index is -0.511. The summed E-state index contributed by atoms with van der Waals surface area (Å²) >= 11 is 3.14. The number of rotatable bonds is 0. The van der Waals surface area contributed by atoms with Crippen LogP contribution < -0.4 is 0 Å². The lowest BCUT2D eigenvalue weighted by Crippen LogP contribution is -1.80. The van der Waals surface area contributed by atoms with E-state index in [0.29, 0.717) is 15.4 Å². The molecule has 56 valence electrons. The second kappa shape index (κ2) is 2.30. The van der Waals surface area contributed by atoms with Gasteiger partial charge in [0.05, 0.1) is 9.86 Å². The number of furan rings is 1. The van der Waals surface area contributed by atoms with Gasteiger partial charge in [-0.1, -0.05) is 0 Å². The van der Waals surface area contributed by atoms with Crippen LogP contribution in [-0.2, 0) is 0 Å². The Morgan fingerprint density at radius 3 is 3.09 bits per heavy atom. The summed E-state index contributed by atoms with van der Waals surface area (Å²) in [5, 5.41) is 0.396. The van der Waals surface area contributed by atoms with Crippen LogP contribution in [0.25, 0.3) is 11.0 Å². The monoisotopic (exact) mass is 215 g/mol. The number of hydrogen-bond donors (Lipinski definition) is 0. The molecule has 2 nitrogen and oxygen atoms in total. The third kappa shape index (κ3) is 0.939. The van der Waals surface area contributed by atoms with Gasteiger partial charge in [0.15, 0.2) is 0 Å². The molecule has 0 aliphatic heterocycles. The Morgan fingerprint density at radius 1 is 1.55 bits per heavy atom. The van der Waals surface area contributed by atoms with Gasteiger partial charge in [-0.2, -0.15) is 4.39 Å². The topological polar surface area (TPSA) is 26.0 Å². The number of nitrogens with zero attached hydrogens (tertiary/aromatic N) is 1. The molecule has 4 heteroatoms. The molecule has 0 saturated carbocycles. The van der Waals surface area contributed by atoms with Crippen molar-refractivity contribution in [2.45, 2.75) is 0 Å². The lowest BCUT2D eigenvalue weighted by Gasteiger charge is -1.88. The molecule has 0 atom stereocenters. The van der Waals surface area contributed by atoms with Crippen molar-refractivity contribution in [2.24, 2.45) is 0 Å². The highest BCUT2D eigenvalue weighted by Gasteiger charge is 2.08. The van der Waals surface area contributed by atoms with Gasteiger partial charge < -0.3 is 4.42 Å². The van der Waals surface area contributed by atoms with E-state index in [-0.39, 0.29) is 0 Å². The average molecular weight is 216 g/mol. The van der Waals surface area contributed by atoms with E-state index in [1.807, 2.05) is 0 Å². The van der Waals surface area contributed by atoms with Crippen LogP contribution in [0.15, 0.2) is 27.4 Å². The number of halogens is 2. The van der Waals surface area contributed by atoms with Gasteiger partial charge in [-0.25, -0.2) is 4.98 Å². The molecule has 0 spiro atoms. The second-order valence-electron chi connectivity index (χ2n) is 2.06. The molecule has 11 heavy (non-hydrogen) atoms. The normalized spacial score (nSPS) is 10.7. The molecule has 0 saturated heterocycles. The zero-order chi connectivity index (χ0) is 7.84. The highest BCUT2D eigenvalue weighted by Crippen LogP contribution is 2.26. The van der Waals surface area contributed by atoms with E-state index in [1.165, 1.54) is 12.5 Å². The van der Waals surface area contributed by atoms with Crippen molar-refractivity contribution in [3.05, 3.63) is 28.9 Å². The first-order chi connectivity index (χ1) is 5.29. The first kappa shape index (κ1) is 6.79. The summed E-state index contributed by atoms with van der Waals surface area (Å²) in [7, 11) is 0. The number of pyridine rings is 1. The van der Waals surface area contributed by atoms with Gasteiger partial charge in [-0.15, -0.1) is 0 Å². The Balaban J connectivity index is 2.96. The number of hydrogen-bond acceptors (Lipinski definition) is 2. The van der Waals surface area contributed by atoms with E-state index in [1.54, 1.807) is 6.07 Å². The van der Waals surface area contributed by atoms with Crippen molar-refractivity contribution >= 4 is 26.9 Å². The summed E-state index contributed by atoms with van der Waals surface area (Å²) in [6.07, 6.45) is 2.81. The zero-order valence-corrected chi connectivity index (χ0v) is 6.93. The Labute approximate surface area is 70.2 Å². The summed E-state index contributed by atoms with van der Waals surface area (Å²) in [5.74, 6) is -0.511. The Morgan fingerprint density at radius 2 is 2.36 bits per heavy atom. The maximum atomic E-state index is 12.9. The van der Waals surface area contributed by atoms with E-state index >= 15 is 0 Å². The summed E-state index contributed by atoms with van der Waals surface area (Å²) in [6, 6.07) is 1.61. The zero-order valence-electron chi connectivity index (χ0n) is 5.34. The summed E-state index contributed by atoms with van der Waals surface area (Å²) in [6.45, 7) is 0. The lowest BCUT2D eigenvalue weighted by molar-refractivity contribution is 0.588. The Kier molecular flexibility index (Phi) is 1.42. The predicted molar refractivity (Wildman–Crippen MR) is 41.7 cm³/mol. The molecule has 0 aliphatic carbocycles. The molecular weight excluding hydrogens is 213 g/mol. The molecule has 0 unspecified atom stereocenters. The van der Waals surface area contributed by atoms with Crippen molar-refractivity contribution in [1.29, 1.82) is 0 Å². The van der Waals surface area contributed by atoms with Gasteiger partial charge in [-0.05, 0) is 22.0 Å². The van der Waals surface area contributed by atoms with Crippen LogP contribution >= 0.6 is 15.9 Å². The van der Waals surface area contributed by atoms with Gasteiger partial charge in [0.1, 0.15) is 11.8 Å². The van der Waals surface area contributed by atoms with Gasteiger partial charge in [-0.3, -0.25) is 0 Å². The van der Waals surface area contributed by atoms with Crippen LogP contribution in [0.1, 0.15) is 0 Å². The third-order valence-electron chi connectivity index (χ3n) is 1.39. The smallest absolute Gasteiger partial charge is 0.225 e. The standard InChI is InChI=1S/C7H3BrFNO/c8-4-3-11-5-1-2-10-7(9)6(4)5/h1-3H. The molecule has 0 aliphatic rings. The summed E-state index contributed by atoms with van der Waals surface area (Å²) in [5.41, 5.74) is 0.504. The first-order valence-electron chi connectivity index (χ1n) is 2.96. The van der Waals surface area contributed by atoms with E-state index in [0.717, 1.165) is 0 Å². The molecule has 2 heterocycles. The van der Waals surface area contributed by atoms with E-state index < -0.39 is 5.95 Å². The van der Waals surface area contributed by atoms with E-state index in [4.69, 9.17) is 4.42 Å². The maximum Gasteiger partial charge on any atom is 0.225 e. The predicted octanol–water partition coefficient (Wildman–Crippen LogP) is 2.73. The minimum Gasteiger partial charge on any atom is -0.463 e. The molecule has 0 aromatic carbocycles.